The van der Waals surface area contributed by atoms with Gasteiger partial charge in [-0.25, -0.2) is 15.0 Å². The number of thiazole rings is 1. The second-order valence-corrected chi connectivity index (χ2v) is 7.34. The molecule has 2 N–H and O–H groups in total. The summed E-state index contributed by atoms with van der Waals surface area (Å²) in [5.74, 6) is 0.850. The first-order valence-corrected chi connectivity index (χ1v) is 7.82. The third-order valence-corrected chi connectivity index (χ3v) is 4.71. The minimum absolute atomic E-state index is 0.0601. The molecule has 0 saturated carbocycles. The number of rotatable bonds is 2. The van der Waals surface area contributed by atoms with Gasteiger partial charge in [-0.05, 0) is 25.2 Å². The molecule has 4 nitrogen and oxygen atoms in total. The van der Waals surface area contributed by atoms with Crippen molar-refractivity contribution in [2.45, 2.75) is 46.1 Å². The van der Waals surface area contributed by atoms with Crippen LogP contribution < -0.4 is 5.73 Å². The Morgan fingerprint density at radius 3 is 2.90 bits per heavy atom. The molecule has 0 fully saturated rings. The summed E-state index contributed by atoms with van der Waals surface area (Å²) in [4.78, 5) is 13.7. The molecule has 2 aromatic heterocycles. The molecule has 1 unspecified atom stereocenters. The molecule has 0 radical (unpaired) electrons. The number of fused-ring (bicyclic) bond motifs is 1. The zero-order valence-electron chi connectivity index (χ0n) is 12.2. The lowest BCUT2D eigenvalue weighted by atomic mass is 9.74. The molecule has 20 heavy (non-hydrogen) atoms. The minimum atomic E-state index is 0.0601. The summed E-state index contributed by atoms with van der Waals surface area (Å²) >= 11 is 1.67. The second-order valence-electron chi connectivity index (χ2n) is 6.40. The average molecular weight is 288 g/mol. The highest BCUT2D eigenvalue weighted by atomic mass is 32.1. The van der Waals surface area contributed by atoms with Crippen molar-refractivity contribution in [3.63, 3.8) is 0 Å². The fourth-order valence-electron chi connectivity index (χ4n) is 2.85. The van der Waals surface area contributed by atoms with Crippen LogP contribution >= 0.6 is 11.3 Å². The summed E-state index contributed by atoms with van der Waals surface area (Å²) in [7, 11) is 0. The molecule has 0 aromatic carbocycles. The molecule has 5 heteroatoms. The van der Waals surface area contributed by atoms with Crippen molar-refractivity contribution in [1.29, 1.82) is 0 Å². The predicted octanol–water partition coefficient (Wildman–Crippen LogP) is 2.80. The van der Waals surface area contributed by atoms with Crippen LogP contribution in [0.1, 0.15) is 54.1 Å². The van der Waals surface area contributed by atoms with E-state index in [0.717, 1.165) is 40.6 Å². The highest BCUT2D eigenvalue weighted by molar-refractivity contribution is 7.09. The third kappa shape index (κ3) is 2.74. The molecule has 0 saturated heterocycles. The van der Waals surface area contributed by atoms with Gasteiger partial charge in [-0.1, -0.05) is 13.8 Å². The fourth-order valence-corrected chi connectivity index (χ4v) is 3.62. The van der Waals surface area contributed by atoms with E-state index in [2.05, 4.69) is 29.2 Å². The summed E-state index contributed by atoms with van der Waals surface area (Å²) < 4.78 is 0. The van der Waals surface area contributed by atoms with Crippen molar-refractivity contribution in [3.05, 3.63) is 39.4 Å². The third-order valence-electron chi connectivity index (χ3n) is 3.74. The van der Waals surface area contributed by atoms with E-state index in [1.165, 1.54) is 0 Å². The maximum Gasteiger partial charge on any atom is 0.135 e. The van der Waals surface area contributed by atoms with E-state index in [9.17, 15) is 0 Å². The van der Waals surface area contributed by atoms with E-state index in [0.29, 0.717) is 6.42 Å². The van der Waals surface area contributed by atoms with E-state index < -0.39 is 0 Å². The van der Waals surface area contributed by atoms with Crippen LogP contribution in [0.5, 0.6) is 0 Å². The van der Waals surface area contributed by atoms with Crippen LogP contribution in [-0.4, -0.2) is 15.0 Å². The lowest BCUT2D eigenvalue weighted by Crippen LogP contribution is -2.31. The van der Waals surface area contributed by atoms with Gasteiger partial charge in [0, 0.05) is 34.6 Å². The van der Waals surface area contributed by atoms with E-state index in [1.54, 1.807) is 11.3 Å². The van der Waals surface area contributed by atoms with Crippen molar-refractivity contribution in [2.24, 2.45) is 11.1 Å². The van der Waals surface area contributed by atoms with Crippen LogP contribution in [0.4, 0.5) is 0 Å². The molecule has 106 valence electrons. The average Bonchev–Trinajstić information content (AvgIpc) is 2.72. The summed E-state index contributed by atoms with van der Waals surface area (Å²) in [6.07, 6.45) is 4.59. The monoisotopic (exact) mass is 288 g/mol. The summed E-state index contributed by atoms with van der Waals surface area (Å²) in [6, 6.07) is 0.0601. The highest BCUT2D eigenvalue weighted by Crippen LogP contribution is 2.38. The van der Waals surface area contributed by atoms with E-state index in [4.69, 9.17) is 10.7 Å². The predicted molar refractivity (Wildman–Crippen MR) is 80.7 cm³/mol. The van der Waals surface area contributed by atoms with Crippen molar-refractivity contribution in [1.82, 2.24) is 15.0 Å². The number of aromatic nitrogens is 3. The van der Waals surface area contributed by atoms with Gasteiger partial charge in [0.15, 0.2) is 0 Å². The summed E-state index contributed by atoms with van der Waals surface area (Å²) in [5.41, 5.74) is 9.75. The molecular weight excluding hydrogens is 268 g/mol. The number of hydrogen-bond donors (Lipinski definition) is 1. The van der Waals surface area contributed by atoms with Crippen LogP contribution in [-0.2, 0) is 12.8 Å². The number of hydrogen-bond acceptors (Lipinski definition) is 5. The molecule has 1 atom stereocenters. The topological polar surface area (TPSA) is 64.7 Å². The molecule has 1 aliphatic carbocycles. The van der Waals surface area contributed by atoms with Crippen LogP contribution in [0.3, 0.4) is 0 Å². The molecule has 2 aromatic rings. The van der Waals surface area contributed by atoms with Gasteiger partial charge in [-0.3, -0.25) is 0 Å². The number of nitrogens with two attached hydrogens (primary N) is 1. The standard InChI is InChI=1S/C15H20N4S/c1-9-8-20-14(18-9)4-13-17-7-10-11(16)5-15(2,3)6-12(10)19-13/h7-8,11H,4-6,16H2,1-3H3. The Kier molecular flexibility index (Phi) is 3.34. The van der Waals surface area contributed by atoms with Gasteiger partial charge in [0.2, 0.25) is 0 Å². The van der Waals surface area contributed by atoms with Crippen LogP contribution in [0.2, 0.25) is 0 Å². The van der Waals surface area contributed by atoms with Gasteiger partial charge in [0.1, 0.15) is 10.8 Å². The summed E-state index contributed by atoms with van der Waals surface area (Å²) in [6.45, 7) is 6.51. The Labute approximate surface area is 123 Å². The van der Waals surface area contributed by atoms with E-state index in [1.807, 2.05) is 13.1 Å². The molecule has 0 spiro atoms. The van der Waals surface area contributed by atoms with Crippen molar-refractivity contribution >= 4 is 11.3 Å². The molecule has 0 amide bonds. The molecule has 3 rings (SSSR count). The first-order valence-electron chi connectivity index (χ1n) is 6.94. The second kappa shape index (κ2) is 4.90. The van der Waals surface area contributed by atoms with Crippen molar-refractivity contribution in [2.75, 3.05) is 0 Å². The zero-order chi connectivity index (χ0) is 14.3. The number of aryl methyl sites for hydroxylation is 1. The van der Waals surface area contributed by atoms with Gasteiger partial charge in [-0.2, -0.15) is 0 Å². The Morgan fingerprint density at radius 2 is 2.20 bits per heavy atom. The van der Waals surface area contributed by atoms with E-state index in [-0.39, 0.29) is 11.5 Å². The van der Waals surface area contributed by atoms with Gasteiger partial charge in [0.05, 0.1) is 6.42 Å². The minimum Gasteiger partial charge on any atom is -0.324 e. The molecule has 0 bridgehead atoms. The maximum atomic E-state index is 6.24. The Hall–Kier alpha value is -1.33. The molecular formula is C15H20N4S. The first-order chi connectivity index (χ1) is 9.43. The van der Waals surface area contributed by atoms with Crippen molar-refractivity contribution < 1.29 is 0 Å². The molecule has 2 heterocycles. The van der Waals surface area contributed by atoms with Crippen LogP contribution in [0.25, 0.3) is 0 Å². The number of nitrogens with zero attached hydrogens (tertiary/aromatic N) is 3. The highest BCUT2D eigenvalue weighted by Gasteiger charge is 2.31. The largest absolute Gasteiger partial charge is 0.324 e. The van der Waals surface area contributed by atoms with Gasteiger partial charge < -0.3 is 5.73 Å². The SMILES string of the molecule is Cc1csc(Cc2ncc3c(n2)CC(C)(C)CC3N)n1. The van der Waals surface area contributed by atoms with Crippen molar-refractivity contribution in [3.8, 4) is 0 Å². The Balaban J connectivity index is 1.89. The van der Waals surface area contributed by atoms with Gasteiger partial charge in [-0.15, -0.1) is 11.3 Å². The van der Waals surface area contributed by atoms with Crippen LogP contribution in [0, 0.1) is 12.3 Å². The van der Waals surface area contributed by atoms with Crippen LogP contribution in [0.15, 0.2) is 11.6 Å². The fraction of sp³-hybridized carbons (Fsp3) is 0.533. The Morgan fingerprint density at radius 1 is 1.40 bits per heavy atom. The quantitative estimate of drug-likeness (QED) is 0.923. The van der Waals surface area contributed by atoms with Gasteiger partial charge in [0.25, 0.3) is 0 Å². The molecule has 1 aliphatic rings. The van der Waals surface area contributed by atoms with Gasteiger partial charge >= 0.3 is 0 Å². The maximum absolute atomic E-state index is 6.24. The lowest BCUT2D eigenvalue weighted by Gasteiger charge is -2.34. The normalized spacial score (nSPS) is 20.7. The first kappa shape index (κ1) is 13.6. The lowest BCUT2D eigenvalue weighted by molar-refractivity contribution is 0.277. The Bertz CT molecular complexity index is 633. The zero-order valence-corrected chi connectivity index (χ0v) is 13.0. The molecule has 0 aliphatic heterocycles. The smallest absolute Gasteiger partial charge is 0.135 e. The summed E-state index contributed by atoms with van der Waals surface area (Å²) in [5, 5.41) is 3.13. The van der Waals surface area contributed by atoms with E-state index >= 15 is 0 Å².